The highest BCUT2D eigenvalue weighted by Crippen LogP contribution is 2.33. The van der Waals surface area contributed by atoms with Crippen LogP contribution in [0.1, 0.15) is 6.23 Å². The van der Waals surface area contributed by atoms with Gasteiger partial charge in [0.15, 0.2) is 6.23 Å². The zero-order valence-corrected chi connectivity index (χ0v) is 10.4. The maximum absolute atomic E-state index is 11.7. The van der Waals surface area contributed by atoms with Crippen LogP contribution in [0.5, 0.6) is 0 Å². The second-order valence-corrected chi connectivity index (χ2v) is 4.36. The number of aromatic nitrogens is 2. The molecule has 1 fully saturated rings. The lowest BCUT2D eigenvalue weighted by Gasteiger charge is -2.18. The Hall–Kier alpha value is -2.13. The molecule has 0 aliphatic carbocycles. The molecule has 0 bridgehead atoms. The number of nitrogens with two attached hydrogens (primary N) is 1. The molecular weight excluding hydrogens is 268 g/mol. The number of rotatable bonds is 4. The van der Waals surface area contributed by atoms with Crippen LogP contribution in [0.4, 0.5) is 5.82 Å². The van der Waals surface area contributed by atoms with Crippen LogP contribution < -0.4 is 11.4 Å². The number of hydrogen-bond acceptors (Lipinski definition) is 7. The van der Waals surface area contributed by atoms with Crippen LogP contribution in [-0.4, -0.2) is 45.1 Å². The Labute approximate surface area is 113 Å². The molecule has 4 atom stereocenters. The van der Waals surface area contributed by atoms with Gasteiger partial charge in [-0.25, -0.2) is 4.79 Å². The summed E-state index contributed by atoms with van der Waals surface area (Å²) in [5.74, 6) is -0.548. The molecule has 2 heterocycles. The van der Waals surface area contributed by atoms with Crippen LogP contribution in [0.15, 0.2) is 22.2 Å². The maximum atomic E-state index is 11.7. The summed E-state index contributed by atoms with van der Waals surface area (Å²) in [5.41, 5.74) is 13.0. The molecule has 1 aromatic heterocycles. The van der Waals surface area contributed by atoms with Crippen LogP contribution in [0, 0.1) is 5.92 Å². The smallest absolute Gasteiger partial charge is 0.351 e. The first-order valence-corrected chi connectivity index (χ1v) is 5.88. The van der Waals surface area contributed by atoms with Gasteiger partial charge in [-0.3, -0.25) is 4.57 Å². The summed E-state index contributed by atoms with van der Waals surface area (Å²) in [6.07, 6.45) is -1.50. The fourth-order valence-corrected chi connectivity index (χ4v) is 2.18. The molecule has 10 nitrogen and oxygen atoms in total. The normalized spacial score (nSPS) is 29.1. The van der Waals surface area contributed by atoms with Gasteiger partial charge in [0.2, 0.25) is 0 Å². The van der Waals surface area contributed by atoms with Gasteiger partial charge in [0.1, 0.15) is 11.9 Å². The van der Waals surface area contributed by atoms with Gasteiger partial charge in [-0.2, -0.15) is 4.98 Å². The van der Waals surface area contributed by atoms with Gasteiger partial charge in [0, 0.05) is 23.6 Å². The summed E-state index contributed by atoms with van der Waals surface area (Å²) < 4.78 is 6.52. The van der Waals surface area contributed by atoms with Gasteiger partial charge in [-0.1, -0.05) is 5.11 Å². The first-order valence-electron chi connectivity index (χ1n) is 5.88. The highest BCUT2D eigenvalue weighted by atomic mass is 16.5. The third-order valence-electron chi connectivity index (χ3n) is 3.18. The number of aliphatic hydroxyl groups is 2. The Morgan fingerprint density at radius 3 is 3.00 bits per heavy atom. The van der Waals surface area contributed by atoms with Gasteiger partial charge in [0.05, 0.1) is 12.7 Å². The first kappa shape index (κ1) is 14.3. The molecule has 10 heteroatoms. The predicted molar refractivity (Wildman–Crippen MR) is 67.4 cm³/mol. The molecule has 1 aliphatic heterocycles. The number of nitrogen functional groups attached to an aromatic ring is 1. The van der Waals surface area contributed by atoms with Crippen LogP contribution in [0.2, 0.25) is 0 Å². The van der Waals surface area contributed by atoms with E-state index >= 15 is 0 Å². The average Bonchev–Trinajstić information content (AvgIpc) is 2.73. The fraction of sp³-hybridized carbons (Fsp3) is 0.600. The maximum Gasteiger partial charge on any atom is 0.351 e. The fourth-order valence-electron chi connectivity index (χ4n) is 2.18. The van der Waals surface area contributed by atoms with Gasteiger partial charge in [-0.15, -0.1) is 0 Å². The first-order chi connectivity index (χ1) is 9.58. The standard InChI is InChI=1S/C10H14N6O4/c11-7-1-2-16(10(19)14-7)9-8(18)5(3-13-15-12)6(4-17)20-9/h1-2,5-6,8-9,17-18H,3-4H2,(H2,11,14,19)/t5-,6-,8-,9-/m1/s1. The van der Waals surface area contributed by atoms with E-state index in [0.29, 0.717) is 0 Å². The SMILES string of the molecule is [N-]=[N+]=NC[C@H]1[C@@H](O)[C@H](n2ccc(N)nc2=O)O[C@@H]1CO. The second kappa shape index (κ2) is 5.88. The Morgan fingerprint density at radius 1 is 1.65 bits per heavy atom. The van der Waals surface area contributed by atoms with Crippen molar-refractivity contribution in [1.29, 1.82) is 0 Å². The van der Waals surface area contributed by atoms with Crippen molar-refractivity contribution < 1.29 is 14.9 Å². The van der Waals surface area contributed by atoms with E-state index < -0.39 is 30.0 Å². The lowest BCUT2D eigenvalue weighted by Crippen LogP contribution is -2.34. The minimum Gasteiger partial charge on any atom is -0.394 e. The topological polar surface area (TPSA) is 159 Å². The molecule has 0 amide bonds. The number of anilines is 1. The highest BCUT2D eigenvalue weighted by Gasteiger charge is 2.44. The second-order valence-electron chi connectivity index (χ2n) is 4.36. The largest absolute Gasteiger partial charge is 0.394 e. The average molecular weight is 282 g/mol. The number of hydrogen-bond donors (Lipinski definition) is 3. The molecule has 2 rings (SSSR count). The molecular formula is C10H14N6O4. The van der Waals surface area contributed by atoms with Crippen LogP contribution >= 0.6 is 0 Å². The van der Waals surface area contributed by atoms with E-state index in [9.17, 15) is 15.0 Å². The molecule has 4 N–H and O–H groups in total. The van der Waals surface area contributed by atoms with E-state index in [2.05, 4.69) is 15.0 Å². The summed E-state index contributed by atoms with van der Waals surface area (Å²) in [7, 11) is 0. The zero-order valence-electron chi connectivity index (χ0n) is 10.4. The van der Waals surface area contributed by atoms with E-state index in [0.717, 1.165) is 4.57 Å². The third kappa shape index (κ3) is 2.58. The van der Waals surface area contributed by atoms with Gasteiger partial charge >= 0.3 is 5.69 Å². The summed E-state index contributed by atoms with van der Waals surface area (Å²) >= 11 is 0. The Kier molecular flexibility index (Phi) is 4.20. The summed E-state index contributed by atoms with van der Waals surface area (Å²) in [5, 5.41) is 22.8. The van der Waals surface area contributed by atoms with Gasteiger partial charge < -0.3 is 20.7 Å². The van der Waals surface area contributed by atoms with Crippen LogP contribution in [0.25, 0.3) is 10.4 Å². The van der Waals surface area contributed by atoms with E-state index in [1.807, 2.05) is 0 Å². The van der Waals surface area contributed by atoms with Crippen molar-refractivity contribution in [2.24, 2.45) is 11.0 Å². The molecule has 0 radical (unpaired) electrons. The summed E-state index contributed by atoms with van der Waals surface area (Å²) in [6, 6.07) is 1.40. The molecule has 0 spiro atoms. The molecule has 20 heavy (non-hydrogen) atoms. The molecule has 1 aliphatic rings. The Bertz CT molecular complexity index is 583. The Balaban J connectivity index is 2.29. The molecule has 1 aromatic rings. The minimum atomic E-state index is -1.11. The molecule has 0 aromatic carbocycles. The van der Waals surface area contributed by atoms with Crippen molar-refractivity contribution in [1.82, 2.24) is 9.55 Å². The third-order valence-corrected chi connectivity index (χ3v) is 3.18. The lowest BCUT2D eigenvalue weighted by molar-refractivity contribution is -0.0534. The number of ether oxygens (including phenoxy) is 1. The van der Waals surface area contributed by atoms with E-state index in [-0.39, 0.29) is 19.0 Å². The van der Waals surface area contributed by atoms with E-state index in [1.165, 1.54) is 12.3 Å². The monoisotopic (exact) mass is 282 g/mol. The summed E-state index contributed by atoms with van der Waals surface area (Å²) in [6.45, 7) is -0.410. The van der Waals surface area contributed by atoms with Crippen LogP contribution in [0.3, 0.4) is 0 Å². The van der Waals surface area contributed by atoms with Crippen molar-refractivity contribution >= 4 is 5.82 Å². The van der Waals surface area contributed by atoms with Gasteiger partial charge in [-0.05, 0) is 11.6 Å². The summed E-state index contributed by atoms with van der Waals surface area (Å²) in [4.78, 5) is 17.9. The number of aliphatic hydroxyl groups excluding tert-OH is 2. The van der Waals surface area contributed by atoms with Crippen molar-refractivity contribution in [3.8, 4) is 0 Å². The van der Waals surface area contributed by atoms with E-state index in [4.69, 9.17) is 16.0 Å². The quantitative estimate of drug-likeness (QED) is 0.365. The van der Waals surface area contributed by atoms with E-state index in [1.54, 1.807) is 0 Å². The molecule has 0 saturated carbocycles. The van der Waals surface area contributed by atoms with Crippen molar-refractivity contribution in [3.63, 3.8) is 0 Å². The number of azide groups is 1. The lowest BCUT2D eigenvalue weighted by atomic mass is 9.98. The molecule has 0 unspecified atom stereocenters. The van der Waals surface area contributed by atoms with Crippen molar-refractivity contribution in [2.75, 3.05) is 18.9 Å². The molecule has 1 saturated heterocycles. The van der Waals surface area contributed by atoms with Crippen molar-refractivity contribution in [3.05, 3.63) is 33.2 Å². The number of nitrogens with zero attached hydrogens (tertiary/aromatic N) is 5. The van der Waals surface area contributed by atoms with Gasteiger partial charge in [0.25, 0.3) is 0 Å². The molecule has 108 valence electrons. The Morgan fingerprint density at radius 2 is 2.40 bits per heavy atom. The highest BCUT2D eigenvalue weighted by molar-refractivity contribution is 5.23. The predicted octanol–water partition coefficient (Wildman–Crippen LogP) is -0.997. The zero-order chi connectivity index (χ0) is 14.7. The minimum absolute atomic E-state index is 0.0451. The van der Waals surface area contributed by atoms with Crippen LogP contribution in [-0.2, 0) is 4.74 Å². The van der Waals surface area contributed by atoms with Crippen molar-refractivity contribution in [2.45, 2.75) is 18.4 Å².